The topological polar surface area (TPSA) is 29.5 Å². The van der Waals surface area contributed by atoms with Crippen molar-refractivity contribution in [2.45, 2.75) is 19.8 Å². The number of hydrogen-bond donors (Lipinski definition) is 0. The van der Waals surface area contributed by atoms with Gasteiger partial charge in [-0.15, -0.1) is 0 Å². The van der Waals surface area contributed by atoms with Crippen molar-refractivity contribution in [2.24, 2.45) is 5.92 Å². The van der Waals surface area contributed by atoms with Gasteiger partial charge in [-0.2, -0.15) is 0 Å². The first-order valence-corrected chi connectivity index (χ1v) is 4.51. The molecular weight excluding hydrogens is 154 g/mol. The minimum atomic E-state index is -0.121. The number of carbonyl (C=O) groups excluding carboxylic acids is 1. The maximum absolute atomic E-state index is 10.9. The molecule has 0 N–H and O–H groups in total. The second kappa shape index (κ2) is 4.45. The van der Waals surface area contributed by atoms with Gasteiger partial charge in [-0.3, -0.25) is 9.69 Å². The third kappa shape index (κ3) is 2.81. The van der Waals surface area contributed by atoms with Crippen LogP contribution in [0.1, 0.15) is 19.8 Å². The quantitative estimate of drug-likeness (QED) is 0.578. The van der Waals surface area contributed by atoms with Crippen LogP contribution in [0.4, 0.5) is 0 Å². The van der Waals surface area contributed by atoms with E-state index in [1.54, 1.807) is 0 Å². The molecule has 0 aliphatic carbocycles. The molecule has 1 fully saturated rings. The Morgan fingerprint density at radius 2 is 2.42 bits per heavy atom. The monoisotopic (exact) mass is 171 g/mol. The van der Waals surface area contributed by atoms with Crippen molar-refractivity contribution in [2.75, 3.05) is 26.7 Å². The number of likely N-dealkylation sites (tertiary alicyclic amines) is 1. The van der Waals surface area contributed by atoms with Crippen molar-refractivity contribution < 1.29 is 9.53 Å². The fourth-order valence-electron chi connectivity index (χ4n) is 1.68. The Morgan fingerprint density at radius 1 is 1.67 bits per heavy atom. The van der Waals surface area contributed by atoms with Gasteiger partial charge < -0.3 is 4.74 Å². The van der Waals surface area contributed by atoms with Crippen molar-refractivity contribution in [3.05, 3.63) is 0 Å². The van der Waals surface area contributed by atoms with E-state index in [0.717, 1.165) is 19.0 Å². The summed E-state index contributed by atoms with van der Waals surface area (Å²) in [6.45, 7) is 4.76. The highest BCUT2D eigenvalue weighted by Crippen LogP contribution is 2.14. The van der Waals surface area contributed by atoms with Gasteiger partial charge >= 0.3 is 5.97 Å². The first-order chi connectivity index (χ1) is 5.72. The van der Waals surface area contributed by atoms with E-state index in [0.29, 0.717) is 6.54 Å². The third-order valence-electron chi connectivity index (χ3n) is 2.32. The van der Waals surface area contributed by atoms with Gasteiger partial charge in [-0.25, -0.2) is 0 Å². The van der Waals surface area contributed by atoms with E-state index in [4.69, 9.17) is 0 Å². The highest BCUT2D eigenvalue weighted by Gasteiger charge is 2.18. The summed E-state index contributed by atoms with van der Waals surface area (Å²) in [5.41, 5.74) is 0. The lowest BCUT2D eigenvalue weighted by molar-refractivity contribution is -0.142. The summed E-state index contributed by atoms with van der Waals surface area (Å²) in [6, 6.07) is 0. The van der Waals surface area contributed by atoms with Crippen LogP contribution in [0.5, 0.6) is 0 Å². The van der Waals surface area contributed by atoms with Gasteiger partial charge in [0.1, 0.15) is 0 Å². The highest BCUT2D eigenvalue weighted by atomic mass is 16.5. The molecule has 1 rings (SSSR count). The molecule has 1 heterocycles. The molecule has 1 aliphatic rings. The molecule has 0 amide bonds. The molecule has 1 saturated heterocycles. The van der Waals surface area contributed by atoms with Crippen LogP contribution in [0.2, 0.25) is 0 Å². The number of hydrogen-bond acceptors (Lipinski definition) is 3. The van der Waals surface area contributed by atoms with Crippen LogP contribution < -0.4 is 0 Å². The summed E-state index contributed by atoms with van der Waals surface area (Å²) in [7, 11) is 1.44. The molecular formula is C9H17NO2. The van der Waals surface area contributed by atoms with Crippen LogP contribution in [0, 0.1) is 5.92 Å². The maximum Gasteiger partial charge on any atom is 0.319 e. The summed E-state index contributed by atoms with van der Waals surface area (Å²) in [5.74, 6) is 0.604. The predicted molar refractivity (Wildman–Crippen MR) is 46.9 cm³/mol. The summed E-state index contributed by atoms with van der Waals surface area (Å²) >= 11 is 0. The molecule has 0 radical (unpaired) electrons. The van der Waals surface area contributed by atoms with E-state index in [9.17, 15) is 4.79 Å². The number of piperidine rings is 1. The molecule has 0 spiro atoms. The van der Waals surface area contributed by atoms with E-state index in [1.807, 2.05) is 0 Å². The number of nitrogens with zero attached hydrogens (tertiary/aromatic N) is 1. The van der Waals surface area contributed by atoms with Gasteiger partial charge in [0.25, 0.3) is 0 Å². The number of esters is 1. The van der Waals surface area contributed by atoms with Crippen LogP contribution in [0.3, 0.4) is 0 Å². The number of carbonyl (C=O) groups is 1. The zero-order valence-corrected chi connectivity index (χ0v) is 7.88. The highest BCUT2D eigenvalue weighted by molar-refractivity contribution is 5.71. The van der Waals surface area contributed by atoms with Crippen LogP contribution in [0.25, 0.3) is 0 Å². The zero-order valence-electron chi connectivity index (χ0n) is 7.88. The summed E-state index contributed by atoms with van der Waals surface area (Å²) in [4.78, 5) is 13.1. The smallest absolute Gasteiger partial charge is 0.319 e. The van der Waals surface area contributed by atoms with Crippen molar-refractivity contribution >= 4 is 5.97 Å². The van der Waals surface area contributed by atoms with Gasteiger partial charge in [0.2, 0.25) is 0 Å². The SMILES string of the molecule is COC(=O)CN1CCCC(C)C1. The molecule has 12 heavy (non-hydrogen) atoms. The molecule has 3 heteroatoms. The van der Waals surface area contributed by atoms with E-state index in [1.165, 1.54) is 20.0 Å². The van der Waals surface area contributed by atoms with Crippen LogP contribution in [0.15, 0.2) is 0 Å². The Bertz CT molecular complexity index is 159. The molecule has 1 unspecified atom stereocenters. The van der Waals surface area contributed by atoms with Gasteiger partial charge in [0, 0.05) is 6.54 Å². The summed E-state index contributed by atoms with van der Waals surface area (Å²) in [5, 5.41) is 0. The number of methoxy groups -OCH3 is 1. The third-order valence-corrected chi connectivity index (χ3v) is 2.32. The first-order valence-electron chi connectivity index (χ1n) is 4.51. The lowest BCUT2D eigenvalue weighted by Gasteiger charge is -2.29. The second-order valence-corrected chi connectivity index (χ2v) is 3.56. The average molecular weight is 171 g/mol. The molecule has 3 nitrogen and oxygen atoms in total. The summed E-state index contributed by atoms with van der Waals surface area (Å²) in [6.07, 6.45) is 2.50. The molecule has 1 aliphatic heterocycles. The zero-order chi connectivity index (χ0) is 8.97. The molecule has 0 bridgehead atoms. The molecule has 0 aromatic heterocycles. The summed E-state index contributed by atoms with van der Waals surface area (Å²) < 4.78 is 4.61. The van der Waals surface area contributed by atoms with E-state index >= 15 is 0 Å². The Hall–Kier alpha value is -0.570. The predicted octanol–water partition coefficient (Wildman–Crippen LogP) is 0.891. The van der Waals surface area contributed by atoms with E-state index in [-0.39, 0.29) is 5.97 Å². The normalized spacial score (nSPS) is 25.3. The molecule has 0 saturated carbocycles. The van der Waals surface area contributed by atoms with Crippen LogP contribution in [-0.4, -0.2) is 37.6 Å². The lowest BCUT2D eigenvalue weighted by atomic mass is 10.0. The standard InChI is InChI=1S/C9H17NO2/c1-8-4-3-5-10(6-8)7-9(11)12-2/h8H,3-7H2,1-2H3. The van der Waals surface area contributed by atoms with E-state index < -0.39 is 0 Å². The Labute approximate surface area is 73.7 Å². The Morgan fingerprint density at radius 3 is 3.00 bits per heavy atom. The van der Waals surface area contributed by atoms with Gasteiger partial charge in [0.15, 0.2) is 0 Å². The fraction of sp³-hybridized carbons (Fsp3) is 0.889. The fourth-order valence-corrected chi connectivity index (χ4v) is 1.68. The van der Waals surface area contributed by atoms with Gasteiger partial charge in [-0.05, 0) is 25.3 Å². The van der Waals surface area contributed by atoms with Crippen LogP contribution >= 0.6 is 0 Å². The van der Waals surface area contributed by atoms with E-state index in [2.05, 4.69) is 16.6 Å². The Kier molecular flexibility index (Phi) is 3.53. The van der Waals surface area contributed by atoms with Crippen molar-refractivity contribution in [1.82, 2.24) is 4.90 Å². The van der Waals surface area contributed by atoms with Crippen molar-refractivity contribution in [3.63, 3.8) is 0 Å². The number of ether oxygens (including phenoxy) is 1. The maximum atomic E-state index is 10.9. The van der Waals surface area contributed by atoms with Gasteiger partial charge in [-0.1, -0.05) is 6.92 Å². The van der Waals surface area contributed by atoms with Crippen molar-refractivity contribution in [1.29, 1.82) is 0 Å². The Balaban J connectivity index is 2.27. The molecule has 70 valence electrons. The van der Waals surface area contributed by atoms with Crippen LogP contribution in [-0.2, 0) is 9.53 Å². The molecule has 0 aromatic rings. The van der Waals surface area contributed by atoms with Crippen molar-refractivity contribution in [3.8, 4) is 0 Å². The number of rotatable bonds is 2. The molecule has 0 aromatic carbocycles. The first kappa shape index (κ1) is 9.52. The largest absolute Gasteiger partial charge is 0.468 e. The van der Waals surface area contributed by atoms with Gasteiger partial charge in [0.05, 0.1) is 13.7 Å². The second-order valence-electron chi connectivity index (χ2n) is 3.56. The molecule has 1 atom stereocenters. The average Bonchev–Trinajstić information content (AvgIpc) is 2.04. The minimum absolute atomic E-state index is 0.121. The lowest BCUT2D eigenvalue weighted by Crippen LogP contribution is -2.38. The minimum Gasteiger partial charge on any atom is -0.468 e.